The largest absolute Gasteiger partial charge is 0.322 e. The number of nitrogens with zero attached hydrogens (tertiary/aromatic N) is 1. The first kappa shape index (κ1) is 10.8. The summed E-state index contributed by atoms with van der Waals surface area (Å²) >= 11 is 3.24. The molecule has 4 heteroatoms. The molecule has 1 heterocycles. The quantitative estimate of drug-likeness (QED) is 0.857. The van der Waals surface area contributed by atoms with E-state index in [0.29, 0.717) is 10.2 Å². The van der Waals surface area contributed by atoms with Crippen molar-refractivity contribution in [1.29, 1.82) is 0 Å². The summed E-state index contributed by atoms with van der Waals surface area (Å²) in [5.74, 6) is -0.175. The van der Waals surface area contributed by atoms with Crippen molar-refractivity contribution < 1.29 is 4.79 Å². The smallest absolute Gasteiger partial charge is 0.258 e. The Morgan fingerprint density at radius 2 is 1.88 bits per heavy atom. The van der Waals surface area contributed by atoms with Crippen molar-refractivity contribution in [3.8, 4) is 0 Å². The highest BCUT2D eigenvalue weighted by Gasteiger charge is 2.09. The zero-order valence-corrected chi connectivity index (χ0v) is 9.94. The van der Waals surface area contributed by atoms with Gasteiger partial charge >= 0.3 is 0 Å². The number of carbonyl (C=O) groups is 1. The van der Waals surface area contributed by atoms with Crippen LogP contribution in [0.3, 0.4) is 0 Å². The highest BCUT2D eigenvalue weighted by molar-refractivity contribution is 9.10. The van der Waals surface area contributed by atoms with E-state index < -0.39 is 0 Å². The molecule has 0 spiro atoms. The van der Waals surface area contributed by atoms with Gasteiger partial charge in [-0.2, -0.15) is 0 Å². The maximum absolute atomic E-state index is 11.9. The molecule has 16 heavy (non-hydrogen) atoms. The van der Waals surface area contributed by atoms with Gasteiger partial charge in [0.25, 0.3) is 5.91 Å². The van der Waals surface area contributed by atoms with E-state index in [1.165, 1.54) is 0 Å². The van der Waals surface area contributed by atoms with E-state index >= 15 is 0 Å². The monoisotopic (exact) mass is 276 g/mol. The molecule has 1 aromatic heterocycles. The Kier molecular flexibility index (Phi) is 3.31. The van der Waals surface area contributed by atoms with Crippen molar-refractivity contribution in [2.75, 3.05) is 5.32 Å². The van der Waals surface area contributed by atoms with Crippen molar-refractivity contribution in [3.05, 3.63) is 58.8 Å². The summed E-state index contributed by atoms with van der Waals surface area (Å²) in [5.41, 5.74) is 1.29. The number of benzene rings is 1. The highest BCUT2D eigenvalue weighted by Crippen LogP contribution is 2.15. The molecular formula is C12H9BrN2O. The first-order valence-electron chi connectivity index (χ1n) is 4.74. The van der Waals surface area contributed by atoms with Crippen LogP contribution >= 0.6 is 15.9 Å². The molecule has 1 N–H and O–H groups in total. The van der Waals surface area contributed by atoms with Crippen LogP contribution in [0.15, 0.2) is 53.3 Å². The number of hydrogen-bond acceptors (Lipinski definition) is 2. The van der Waals surface area contributed by atoms with E-state index in [4.69, 9.17) is 0 Å². The number of rotatable bonds is 2. The standard InChI is InChI=1S/C12H9BrN2O/c13-11-10(7-4-8-14-11)12(16)15-9-5-2-1-3-6-9/h1-8H,(H,15,16). The first-order valence-corrected chi connectivity index (χ1v) is 5.53. The topological polar surface area (TPSA) is 42.0 Å². The number of aromatic nitrogens is 1. The number of halogens is 1. The number of amides is 1. The highest BCUT2D eigenvalue weighted by atomic mass is 79.9. The Hall–Kier alpha value is -1.68. The van der Waals surface area contributed by atoms with Gasteiger partial charge in [-0.25, -0.2) is 4.98 Å². The van der Waals surface area contributed by atoms with Gasteiger partial charge in [-0.05, 0) is 40.2 Å². The van der Waals surface area contributed by atoms with Gasteiger partial charge in [0.1, 0.15) is 4.60 Å². The fourth-order valence-electron chi connectivity index (χ4n) is 1.28. The molecule has 0 aliphatic rings. The Labute approximate surface area is 102 Å². The average Bonchev–Trinajstić information content (AvgIpc) is 2.31. The van der Waals surface area contributed by atoms with Crippen molar-refractivity contribution in [2.24, 2.45) is 0 Å². The fraction of sp³-hybridized carbons (Fsp3) is 0. The van der Waals surface area contributed by atoms with Crippen LogP contribution < -0.4 is 5.32 Å². The Bertz CT molecular complexity index is 499. The van der Waals surface area contributed by atoms with Gasteiger partial charge < -0.3 is 5.32 Å². The van der Waals surface area contributed by atoms with Crippen LogP contribution in [0.25, 0.3) is 0 Å². The van der Waals surface area contributed by atoms with Crippen LogP contribution in [0.2, 0.25) is 0 Å². The molecule has 2 aromatic rings. The number of hydrogen-bond donors (Lipinski definition) is 1. The van der Waals surface area contributed by atoms with Crippen LogP contribution in [0.5, 0.6) is 0 Å². The molecule has 0 fully saturated rings. The fourth-order valence-corrected chi connectivity index (χ4v) is 1.71. The summed E-state index contributed by atoms with van der Waals surface area (Å²) in [6, 6.07) is 12.8. The molecule has 0 saturated carbocycles. The molecule has 0 bridgehead atoms. The molecule has 3 nitrogen and oxygen atoms in total. The van der Waals surface area contributed by atoms with Gasteiger partial charge in [-0.15, -0.1) is 0 Å². The molecule has 1 amide bonds. The van der Waals surface area contributed by atoms with Gasteiger partial charge in [0.05, 0.1) is 5.56 Å². The van der Waals surface area contributed by atoms with E-state index in [-0.39, 0.29) is 5.91 Å². The van der Waals surface area contributed by atoms with E-state index in [0.717, 1.165) is 5.69 Å². The predicted octanol–water partition coefficient (Wildman–Crippen LogP) is 3.10. The molecule has 2 rings (SSSR count). The zero-order valence-electron chi connectivity index (χ0n) is 8.35. The lowest BCUT2D eigenvalue weighted by atomic mass is 10.2. The molecule has 0 aliphatic heterocycles. The molecular weight excluding hydrogens is 268 g/mol. The van der Waals surface area contributed by atoms with Crippen LogP contribution in [0, 0.1) is 0 Å². The summed E-state index contributed by atoms with van der Waals surface area (Å²) in [6.07, 6.45) is 1.63. The van der Waals surface area contributed by atoms with Gasteiger partial charge in [0.2, 0.25) is 0 Å². The van der Waals surface area contributed by atoms with Crippen molar-refractivity contribution >= 4 is 27.5 Å². The molecule has 1 aromatic carbocycles. The minimum Gasteiger partial charge on any atom is -0.322 e. The maximum Gasteiger partial charge on any atom is 0.258 e. The Balaban J connectivity index is 2.19. The Morgan fingerprint density at radius 1 is 1.12 bits per heavy atom. The molecule has 0 unspecified atom stereocenters. The van der Waals surface area contributed by atoms with Crippen molar-refractivity contribution in [2.45, 2.75) is 0 Å². The molecule has 0 saturated heterocycles. The van der Waals surface area contributed by atoms with Crippen LogP contribution in [-0.4, -0.2) is 10.9 Å². The second-order valence-electron chi connectivity index (χ2n) is 3.16. The summed E-state index contributed by atoms with van der Waals surface area (Å²) in [7, 11) is 0. The second kappa shape index (κ2) is 4.90. The van der Waals surface area contributed by atoms with E-state index in [9.17, 15) is 4.79 Å². The number of carbonyl (C=O) groups excluding carboxylic acids is 1. The zero-order chi connectivity index (χ0) is 11.4. The lowest BCUT2D eigenvalue weighted by Crippen LogP contribution is -2.12. The van der Waals surface area contributed by atoms with Gasteiger partial charge in [0, 0.05) is 11.9 Å². The van der Waals surface area contributed by atoms with Crippen LogP contribution in [0.4, 0.5) is 5.69 Å². The van der Waals surface area contributed by atoms with E-state index in [2.05, 4.69) is 26.2 Å². The normalized spacial score (nSPS) is 9.81. The lowest BCUT2D eigenvalue weighted by Gasteiger charge is -2.05. The molecule has 0 radical (unpaired) electrons. The second-order valence-corrected chi connectivity index (χ2v) is 3.91. The van der Waals surface area contributed by atoms with E-state index in [1.54, 1.807) is 18.3 Å². The predicted molar refractivity (Wildman–Crippen MR) is 66.3 cm³/mol. The molecule has 0 aliphatic carbocycles. The molecule has 80 valence electrons. The third-order valence-corrected chi connectivity index (χ3v) is 2.67. The summed E-state index contributed by atoms with van der Waals surface area (Å²) in [6.45, 7) is 0. The third-order valence-electron chi connectivity index (χ3n) is 2.04. The van der Waals surface area contributed by atoms with Crippen LogP contribution in [-0.2, 0) is 0 Å². The number of pyridine rings is 1. The van der Waals surface area contributed by atoms with E-state index in [1.807, 2.05) is 30.3 Å². The first-order chi connectivity index (χ1) is 7.77. The third kappa shape index (κ3) is 2.46. The van der Waals surface area contributed by atoms with Gasteiger partial charge in [0.15, 0.2) is 0 Å². The summed E-state index contributed by atoms with van der Waals surface area (Å²) in [5, 5.41) is 2.79. The molecule has 0 atom stereocenters. The number of anilines is 1. The minimum atomic E-state index is -0.175. The summed E-state index contributed by atoms with van der Waals surface area (Å²) < 4.78 is 0.545. The minimum absolute atomic E-state index is 0.175. The van der Waals surface area contributed by atoms with Gasteiger partial charge in [-0.3, -0.25) is 4.79 Å². The lowest BCUT2D eigenvalue weighted by molar-refractivity contribution is 0.102. The van der Waals surface area contributed by atoms with Gasteiger partial charge in [-0.1, -0.05) is 18.2 Å². The number of para-hydroxylation sites is 1. The average molecular weight is 277 g/mol. The maximum atomic E-state index is 11.9. The SMILES string of the molecule is O=C(Nc1ccccc1)c1cccnc1Br. The van der Waals surface area contributed by atoms with Crippen molar-refractivity contribution in [3.63, 3.8) is 0 Å². The van der Waals surface area contributed by atoms with Crippen molar-refractivity contribution in [1.82, 2.24) is 4.98 Å². The van der Waals surface area contributed by atoms with Crippen LogP contribution in [0.1, 0.15) is 10.4 Å². The number of nitrogens with one attached hydrogen (secondary N) is 1. The summed E-state index contributed by atoms with van der Waals surface area (Å²) in [4.78, 5) is 15.9. The Morgan fingerprint density at radius 3 is 2.56 bits per heavy atom.